The van der Waals surface area contributed by atoms with E-state index in [9.17, 15) is 18.0 Å². The maximum absolute atomic E-state index is 12.2. The van der Waals surface area contributed by atoms with Gasteiger partial charge in [-0.05, 0) is 37.1 Å². The van der Waals surface area contributed by atoms with Crippen molar-refractivity contribution in [3.05, 3.63) is 24.3 Å². The molecule has 1 atom stereocenters. The van der Waals surface area contributed by atoms with Crippen molar-refractivity contribution in [2.75, 3.05) is 25.5 Å². The number of nitrogens with one attached hydrogen (secondary N) is 1. The fraction of sp³-hybridized carbons (Fsp3) is 0.500. The zero-order chi connectivity index (χ0) is 17.5. The Morgan fingerprint density at radius 2 is 1.83 bits per heavy atom. The van der Waals surface area contributed by atoms with Crippen LogP contribution < -0.4 is 10.2 Å². The molecule has 1 saturated carbocycles. The molecule has 1 N–H and O–H groups in total. The van der Waals surface area contributed by atoms with Gasteiger partial charge >= 0.3 is 0 Å². The van der Waals surface area contributed by atoms with Gasteiger partial charge in [0, 0.05) is 38.8 Å². The Morgan fingerprint density at radius 1 is 1.21 bits per heavy atom. The first-order valence-electron chi connectivity index (χ1n) is 7.92. The molecule has 2 fully saturated rings. The molecule has 0 spiro atoms. The molecule has 1 aromatic rings. The average Bonchev–Trinajstić information content (AvgIpc) is 3.26. The molecule has 1 heterocycles. The number of sulfonamides is 1. The third kappa shape index (κ3) is 3.29. The van der Waals surface area contributed by atoms with E-state index in [1.54, 1.807) is 17.0 Å². The highest BCUT2D eigenvalue weighted by molar-refractivity contribution is 7.89. The Balaban J connectivity index is 1.72. The molecule has 7 nitrogen and oxygen atoms in total. The van der Waals surface area contributed by atoms with E-state index in [-0.39, 0.29) is 35.1 Å². The van der Waals surface area contributed by atoms with E-state index in [0.717, 1.165) is 17.1 Å². The summed E-state index contributed by atoms with van der Waals surface area (Å²) in [6, 6.07) is 6.45. The lowest BCUT2D eigenvalue weighted by Crippen LogP contribution is -2.34. The first kappa shape index (κ1) is 16.9. The van der Waals surface area contributed by atoms with Crippen LogP contribution in [0.1, 0.15) is 19.3 Å². The van der Waals surface area contributed by atoms with Crippen LogP contribution in [0.3, 0.4) is 0 Å². The Kier molecular flexibility index (Phi) is 4.35. The third-order valence-corrected chi connectivity index (χ3v) is 6.18. The second kappa shape index (κ2) is 6.18. The van der Waals surface area contributed by atoms with Gasteiger partial charge in [0.05, 0.1) is 10.8 Å². The summed E-state index contributed by atoms with van der Waals surface area (Å²) in [6.07, 6.45) is 2.21. The van der Waals surface area contributed by atoms with Gasteiger partial charge in [-0.2, -0.15) is 0 Å². The first-order valence-corrected chi connectivity index (χ1v) is 9.36. The highest BCUT2D eigenvalue weighted by Crippen LogP contribution is 2.28. The minimum Gasteiger partial charge on any atom is -0.353 e. The van der Waals surface area contributed by atoms with Crippen molar-refractivity contribution in [2.24, 2.45) is 5.92 Å². The van der Waals surface area contributed by atoms with Gasteiger partial charge in [0.15, 0.2) is 0 Å². The highest BCUT2D eigenvalue weighted by Gasteiger charge is 2.37. The number of amides is 2. The van der Waals surface area contributed by atoms with Gasteiger partial charge in [-0.3, -0.25) is 9.59 Å². The van der Waals surface area contributed by atoms with Crippen LogP contribution in [0.25, 0.3) is 0 Å². The summed E-state index contributed by atoms with van der Waals surface area (Å²) < 4.78 is 25.3. The van der Waals surface area contributed by atoms with Crippen LogP contribution in [0.2, 0.25) is 0 Å². The van der Waals surface area contributed by atoms with Crippen molar-refractivity contribution in [1.82, 2.24) is 9.62 Å². The molecule has 1 aromatic carbocycles. The summed E-state index contributed by atoms with van der Waals surface area (Å²) >= 11 is 0. The van der Waals surface area contributed by atoms with E-state index >= 15 is 0 Å². The van der Waals surface area contributed by atoms with Crippen LogP contribution in [-0.4, -0.2) is 51.2 Å². The first-order chi connectivity index (χ1) is 11.3. The van der Waals surface area contributed by atoms with Gasteiger partial charge in [0.1, 0.15) is 0 Å². The number of carbonyl (C=O) groups excluding carboxylic acids is 2. The van der Waals surface area contributed by atoms with Crippen molar-refractivity contribution in [1.29, 1.82) is 0 Å². The normalized spacial score (nSPS) is 21.4. The lowest BCUT2D eigenvalue weighted by atomic mass is 10.1. The lowest BCUT2D eigenvalue weighted by molar-refractivity contribution is -0.126. The molecule has 1 aliphatic heterocycles. The molecule has 1 saturated heterocycles. The molecule has 130 valence electrons. The number of carbonyl (C=O) groups is 2. The summed E-state index contributed by atoms with van der Waals surface area (Å²) in [5.41, 5.74) is 0.611. The molecule has 0 radical (unpaired) electrons. The zero-order valence-corrected chi connectivity index (χ0v) is 14.5. The van der Waals surface area contributed by atoms with Crippen molar-refractivity contribution in [2.45, 2.75) is 30.2 Å². The smallest absolute Gasteiger partial charge is 0.242 e. The van der Waals surface area contributed by atoms with Gasteiger partial charge in [0.2, 0.25) is 21.8 Å². The summed E-state index contributed by atoms with van der Waals surface area (Å²) in [4.78, 5) is 26.0. The number of hydrogen-bond donors (Lipinski definition) is 1. The Morgan fingerprint density at radius 3 is 2.38 bits per heavy atom. The van der Waals surface area contributed by atoms with Gasteiger partial charge in [-0.25, -0.2) is 12.7 Å². The monoisotopic (exact) mass is 351 g/mol. The summed E-state index contributed by atoms with van der Waals surface area (Å²) in [5, 5.41) is 2.93. The lowest BCUT2D eigenvalue weighted by Gasteiger charge is -2.18. The van der Waals surface area contributed by atoms with Gasteiger partial charge in [-0.1, -0.05) is 0 Å². The summed E-state index contributed by atoms with van der Waals surface area (Å²) in [6.45, 7) is 0.331. The van der Waals surface area contributed by atoms with Crippen molar-refractivity contribution in [3.8, 4) is 0 Å². The van der Waals surface area contributed by atoms with E-state index in [4.69, 9.17) is 0 Å². The second-order valence-electron chi connectivity index (χ2n) is 6.47. The maximum atomic E-state index is 12.2. The third-order valence-electron chi connectivity index (χ3n) is 4.35. The van der Waals surface area contributed by atoms with Crippen LogP contribution in [-0.2, 0) is 19.6 Å². The Hall–Kier alpha value is -1.93. The number of anilines is 1. The molecule has 3 rings (SSSR count). The van der Waals surface area contributed by atoms with Gasteiger partial charge in [0.25, 0.3) is 0 Å². The topological polar surface area (TPSA) is 86.8 Å². The van der Waals surface area contributed by atoms with E-state index in [2.05, 4.69) is 5.32 Å². The zero-order valence-electron chi connectivity index (χ0n) is 13.7. The predicted octanol–water partition coefficient (Wildman–Crippen LogP) is 0.568. The van der Waals surface area contributed by atoms with E-state index in [1.165, 1.54) is 26.2 Å². The van der Waals surface area contributed by atoms with Crippen LogP contribution >= 0.6 is 0 Å². The minimum atomic E-state index is -3.50. The SMILES string of the molecule is CN(C)S(=O)(=O)c1ccc(N2CC(C(=O)NC3CC3)CC2=O)cc1. The van der Waals surface area contributed by atoms with E-state index < -0.39 is 10.0 Å². The van der Waals surface area contributed by atoms with Crippen LogP contribution in [0.5, 0.6) is 0 Å². The van der Waals surface area contributed by atoms with Gasteiger partial charge < -0.3 is 10.2 Å². The van der Waals surface area contributed by atoms with Crippen molar-refractivity contribution in [3.63, 3.8) is 0 Å². The van der Waals surface area contributed by atoms with Crippen LogP contribution in [0.4, 0.5) is 5.69 Å². The number of rotatable bonds is 5. The predicted molar refractivity (Wildman–Crippen MR) is 88.9 cm³/mol. The Bertz CT molecular complexity index is 754. The fourth-order valence-corrected chi connectivity index (χ4v) is 3.59. The fourth-order valence-electron chi connectivity index (χ4n) is 2.69. The molecule has 24 heavy (non-hydrogen) atoms. The number of benzene rings is 1. The highest BCUT2D eigenvalue weighted by atomic mass is 32.2. The van der Waals surface area contributed by atoms with E-state index in [0.29, 0.717) is 12.2 Å². The van der Waals surface area contributed by atoms with Crippen molar-refractivity contribution < 1.29 is 18.0 Å². The largest absolute Gasteiger partial charge is 0.353 e. The number of hydrogen-bond acceptors (Lipinski definition) is 4. The maximum Gasteiger partial charge on any atom is 0.242 e. The second-order valence-corrected chi connectivity index (χ2v) is 8.62. The molecule has 0 bridgehead atoms. The quantitative estimate of drug-likeness (QED) is 0.840. The molecule has 8 heteroatoms. The molecule has 2 amide bonds. The summed E-state index contributed by atoms with van der Waals surface area (Å²) in [5.74, 6) is -0.530. The number of nitrogens with zero attached hydrogens (tertiary/aromatic N) is 2. The molecule has 0 aromatic heterocycles. The average molecular weight is 351 g/mol. The van der Waals surface area contributed by atoms with E-state index in [1.807, 2.05) is 0 Å². The van der Waals surface area contributed by atoms with Crippen LogP contribution in [0.15, 0.2) is 29.2 Å². The molecule has 1 unspecified atom stereocenters. The summed E-state index contributed by atoms with van der Waals surface area (Å²) in [7, 11) is -0.559. The van der Waals surface area contributed by atoms with Crippen LogP contribution in [0, 0.1) is 5.92 Å². The molecular weight excluding hydrogens is 330 g/mol. The molecule has 2 aliphatic rings. The minimum absolute atomic E-state index is 0.0693. The molecule has 1 aliphatic carbocycles. The van der Waals surface area contributed by atoms with Gasteiger partial charge in [-0.15, -0.1) is 0 Å². The standard InChI is InChI=1S/C16H21N3O4S/c1-18(2)24(22,23)14-7-5-13(6-8-14)19-10-11(9-15(19)20)16(21)17-12-3-4-12/h5-8,11-12H,3-4,9-10H2,1-2H3,(H,17,21). The van der Waals surface area contributed by atoms with Crippen molar-refractivity contribution >= 4 is 27.5 Å². The Labute approximate surface area is 141 Å². The molecular formula is C16H21N3O4S.